The van der Waals surface area contributed by atoms with Gasteiger partial charge < -0.3 is 4.74 Å². The quantitative estimate of drug-likeness (QED) is 0.740. The van der Waals surface area contributed by atoms with Gasteiger partial charge in [0.2, 0.25) is 4.96 Å². The topological polar surface area (TPSA) is 56.5 Å². The number of hydrogen-bond donors (Lipinski definition) is 0. The van der Waals surface area contributed by atoms with Crippen LogP contribution in [0.3, 0.4) is 0 Å². The Hall–Kier alpha value is -2.21. The van der Waals surface area contributed by atoms with E-state index in [2.05, 4.69) is 10.1 Å². The fraction of sp³-hybridized carbons (Fsp3) is 0.214. The van der Waals surface area contributed by atoms with E-state index in [-0.39, 0.29) is 5.56 Å². The number of thiazole rings is 1. The summed E-state index contributed by atoms with van der Waals surface area (Å²) in [6.07, 6.45) is 0.466. The smallest absolute Gasteiger partial charge is 0.296 e. The van der Waals surface area contributed by atoms with Gasteiger partial charge in [-0.15, -0.1) is 11.3 Å². The first kappa shape index (κ1) is 12.8. The summed E-state index contributed by atoms with van der Waals surface area (Å²) in [6.45, 7) is 1.94. The van der Waals surface area contributed by atoms with Crippen LogP contribution in [0.25, 0.3) is 4.96 Å². The van der Waals surface area contributed by atoms with Gasteiger partial charge in [0, 0.05) is 11.8 Å². The van der Waals surface area contributed by atoms with Crippen molar-refractivity contribution in [2.45, 2.75) is 13.3 Å². The van der Waals surface area contributed by atoms with Gasteiger partial charge in [0.25, 0.3) is 5.56 Å². The van der Waals surface area contributed by atoms with E-state index >= 15 is 0 Å². The highest BCUT2D eigenvalue weighted by molar-refractivity contribution is 7.15. The number of fused-ring (bicyclic) bond motifs is 1. The average molecular weight is 287 g/mol. The Bertz CT molecular complexity index is 805. The van der Waals surface area contributed by atoms with Crippen LogP contribution in [-0.2, 0) is 6.42 Å². The highest BCUT2D eigenvalue weighted by atomic mass is 32.1. The summed E-state index contributed by atoms with van der Waals surface area (Å²) in [4.78, 5) is 16.7. The van der Waals surface area contributed by atoms with Crippen LogP contribution in [-0.4, -0.2) is 21.7 Å². The first-order chi connectivity index (χ1) is 9.67. The Morgan fingerprint density at radius 1 is 1.30 bits per heavy atom. The Morgan fingerprint density at radius 2 is 2.05 bits per heavy atom. The molecule has 0 amide bonds. The van der Waals surface area contributed by atoms with Crippen molar-refractivity contribution in [3.05, 3.63) is 57.0 Å². The molecule has 0 fully saturated rings. The van der Waals surface area contributed by atoms with Crippen molar-refractivity contribution < 1.29 is 4.74 Å². The van der Waals surface area contributed by atoms with Crippen molar-refractivity contribution in [1.29, 1.82) is 0 Å². The van der Waals surface area contributed by atoms with E-state index in [4.69, 9.17) is 4.74 Å². The third-order valence-electron chi connectivity index (χ3n) is 3.05. The van der Waals surface area contributed by atoms with Gasteiger partial charge in [-0.1, -0.05) is 12.1 Å². The standard InChI is InChI=1S/C14H13N3O2S/c1-9-8-20-14-15-13(18)12(16-17(9)14)7-10-3-5-11(19-2)6-4-10/h3-6,8H,7H2,1-2H3. The SMILES string of the molecule is COc1ccc(Cc2nn3c(C)csc3nc2=O)cc1. The number of rotatable bonds is 3. The molecule has 0 bridgehead atoms. The minimum absolute atomic E-state index is 0.261. The van der Waals surface area contributed by atoms with Crippen molar-refractivity contribution in [3.63, 3.8) is 0 Å². The van der Waals surface area contributed by atoms with Crippen molar-refractivity contribution in [3.8, 4) is 5.75 Å². The normalized spacial score (nSPS) is 10.9. The lowest BCUT2D eigenvalue weighted by molar-refractivity contribution is 0.414. The zero-order valence-corrected chi connectivity index (χ0v) is 12.0. The first-order valence-corrected chi connectivity index (χ1v) is 7.02. The lowest BCUT2D eigenvalue weighted by atomic mass is 10.1. The molecular formula is C14H13N3O2S. The summed E-state index contributed by atoms with van der Waals surface area (Å²) in [6, 6.07) is 7.59. The summed E-state index contributed by atoms with van der Waals surface area (Å²) in [5.74, 6) is 0.792. The maximum absolute atomic E-state index is 12.0. The van der Waals surface area contributed by atoms with Crippen molar-refractivity contribution in [1.82, 2.24) is 14.6 Å². The summed E-state index contributed by atoms with van der Waals surface area (Å²) < 4.78 is 6.83. The van der Waals surface area contributed by atoms with E-state index in [0.29, 0.717) is 17.1 Å². The first-order valence-electron chi connectivity index (χ1n) is 6.14. The minimum atomic E-state index is -0.261. The molecule has 3 aromatic rings. The predicted octanol–water partition coefficient (Wildman–Crippen LogP) is 2.06. The minimum Gasteiger partial charge on any atom is -0.497 e. The van der Waals surface area contributed by atoms with Gasteiger partial charge in [-0.3, -0.25) is 4.79 Å². The van der Waals surface area contributed by atoms with Crippen molar-refractivity contribution in [2.75, 3.05) is 7.11 Å². The number of methoxy groups -OCH3 is 1. The zero-order chi connectivity index (χ0) is 14.1. The molecule has 6 heteroatoms. The molecule has 0 saturated heterocycles. The monoisotopic (exact) mass is 287 g/mol. The van der Waals surface area contributed by atoms with Crippen LogP contribution in [0.2, 0.25) is 0 Å². The van der Waals surface area contributed by atoms with Gasteiger partial charge in [-0.25, -0.2) is 4.52 Å². The molecule has 0 aliphatic heterocycles. The maximum atomic E-state index is 12.0. The molecule has 0 saturated carbocycles. The molecule has 0 unspecified atom stereocenters. The number of aryl methyl sites for hydroxylation is 1. The van der Waals surface area contributed by atoms with E-state index < -0.39 is 0 Å². The number of nitrogens with zero attached hydrogens (tertiary/aromatic N) is 3. The molecule has 0 spiro atoms. The van der Waals surface area contributed by atoms with E-state index in [9.17, 15) is 4.79 Å². The second-order valence-electron chi connectivity index (χ2n) is 4.46. The lowest BCUT2D eigenvalue weighted by Gasteiger charge is -2.03. The van der Waals surface area contributed by atoms with Gasteiger partial charge >= 0.3 is 0 Å². The number of ether oxygens (including phenoxy) is 1. The molecule has 0 N–H and O–H groups in total. The molecule has 0 radical (unpaired) electrons. The molecule has 0 atom stereocenters. The van der Waals surface area contributed by atoms with E-state index in [0.717, 1.165) is 17.0 Å². The molecule has 2 aromatic heterocycles. The third kappa shape index (κ3) is 2.30. The molecule has 1 aromatic carbocycles. The second-order valence-corrected chi connectivity index (χ2v) is 5.30. The Labute approximate surface area is 119 Å². The second kappa shape index (κ2) is 5.05. The number of benzene rings is 1. The lowest BCUT2D eigenvalue weighted by Crippen LogP contribution is -2.18. The molecule has 3 rings (SSSR count). The fourth-order valence-corrected chi connectivity index (χ4v) is 2.74. The van der Waals surface area contributed by atoms with Crippen molar-refractivity contribution in [2.24, 2.45) is 0 Å². The highest BCUT2D eigenvalue weighted by Gasteiger charge is 2.09. The summed E-state index contributed by atoms with van der Waals surface area (Å²) >= 11 is 1.42. The molecule has 0 aliphatic carbocycles. The highest BCUT2D eigenvalue weighted by Crippen LogP contribution is 2.14. The van der Waals surface area contributed by atoms with Gasteiger partial charge in [-0.05, 0) is 24.6 Å². The van der Waals surface area contributed by atoms with Crippen LogP contribution in [0.4, 0.5) is 0 Å². The van der Waals surface area contributed by atoms with Crippen LogP contribution < -0.4 is 10.3 Å². The molecule has 0 aliphatic rings. The Morgan fingerprint density at radius 3 is 2.75 bits per heavy atom. The van der Waals surface area contributed by atoms with Gasteiger partial charge in [0.05, 0.1) is 12.8 Å². The largest absolute Gasteiger partial charge is 0.497 e. The third-order valence-corrected chi connectivity index (χ3v) is 3.98. The van der Waals surface area contributed by atoms with Crippen LogP contribution >= 0.6 is 11.3 Å². The van der Waals surface area contributed by atoms with Crippen LogP contribution in [0.5, 0.6) is 5.75 Å². The van der Waals surface area contributed by atoms with E-state index in [1.807, 2.05) is 36.6 Å². The molecule has 20 heavy (non-hydrogen) atoms. The van der Waals surface area contributed by atoms with E-state index in [1.54, 1.807) is 11.6 Å². The summed E-state index contributed by atoms with van der Waals surface area (Å²) in [5, 5.41) is 6.33. The summed E-state index contributed by atoms with van der Waals surface area (Å²) in [7, 11) is 1.63. The fourth-order valence-electron chi connectivity index (χ4n) is 1.95. The van der Waals surface area contributed by atoms with E-state index in [1.165, 1.54) is 11.3 Å². The molecular weight excluding hydrogens is 274 g/mol. The Kier molecular flexibility index (Phi) is 3.23. The van der Waals surface area contributed by atoms with Gasteiger partial charge in [0.1, 0.15) is 11.4 Å². The van der Waals surface area contributed by atoms with Crippen LogP contribution in [0, 0.1) is 6.92 Å². The number of hydrogen-bond acceptors (Lipinski definition) is 5. The average Bonchev–Trinajstić information content (AvgIpc) is 2.81. The van der Waals surface area contributed by atoms with Crippen LogP contribution in [0.1, 0.15) is 17.0 Å². The molecule has 102 valence electrons. The Balaban J connectivity index is 1.98. The molecule has 5 nitrogen and oxygen atoms in total. The molecule has 2 heterocycles. The van der Waals surface area contributed by atoms with Crippen LogP contribution in [0.15, 0.2) is 34.4 Å². The number of aromatic nitrogens is 3. The zero-order valence-electron chi connectivity index (χ0n) is 11.2. The van der Waals surface area contributed by atoms with Gasteiger partial charge in [-0.2, -0.15) is 10.1 Å². The van der Waals surface area contributed by atoms with Gasteiger partial charge in [0.15, 0.2) is 0 Å². The van der Waals surface area contributed by atoms with Crippen molar-refractivity contribution >= 4 is 16.3 Å². The predicted molar refractivity (Wildman–Crippen MR) is 77.7 cm³/mol. The maximum Gasteiger partial charge on any atom is 0.296 e. The summed E-state index contributed by atoms with van der Waals surface area (Å²) in [5.41, 5.74) is 2.18.